The van der Waals surface area contributed by atoms with Gasteiger partial charge in [-0.1, -0.05) is 11.6 Å². The number of methoxy groups -OCH3 is 3. The van der Waals surface area contributed by atoms with E-state index in [0.29, 0.717) is 6.54 Å². The highest BCUT2D eigenvalue weighted by Crippen LogP contribution is 2.71. The minimum absolute atomic E-state index is 0.0821. The first kappa shape index (κ1) is 32.6. The number of aliphatic hydroxyl groups is 1. The number of allylic oxidation sites excluding steroid dienone is 1. The van der Waals surface area contributed by atoms with Gasteiger partial charge in [0.15, 0.2) is 5.60 Å². The first-order valence-electron chi connectivity index (χ1n) is 19.7. The lowest BCUT2D eigenvalue weighted by Gasteiger charge is -2.54. The third-order valence-electron chi connectivity index (χ3n) is 16.4. The second kappa shape index (κ2) is 10.3. The molecule has 0 radical (unpaired) electrons. The Kier molecular flexibility index (Phi) is 6.33. The number of carbonyl (C=O) groups excluding carboxylic acids is 2. The first-order valence-corrected chi connectivity index (χ1v) is 19.7. The fraction of sp³-hybridized carbons (Fsp3) is 0.619. The summed E-state index contributed by atoms with van der Waals surface area (Å²) >= 11 is 0. The molecule has 1 aliphatic carbocycles. The van der Waals surface area contributed by atoms with Crippen LogP contribution >= 0.6 is 0 Å². The Bertz CT molecular complexity index is 2050. The molecule has 13 rings (SSSR count). The minimum Gasteiger partial charge on any atom is -0.496 e. The fourth-order valence-electron chi connectivity index (χ4n) is 14.5. The molecule has 280 valence electrons. The van der Waals surface area contributed by atoms with Crippen LogP contribution in [0.4, 0.5) is 11.4 Å². The molecule has 11 aliphatic rings. The summed E-state index contributed by atoms with van der Waals surface area (Å²) < 4.78 is 24.4. The highest BCUT2D eigenvalue weighted by molar-refractivity contribution is 5.91. The number of hydrogen-bond donors (Lipinski definition) is 1. The zero-order valence-corrected chi connectivity index (χ0v) is 31.6. The van der Waals surface area contributed by atoms with E-state index in [2.05, 4.69) is 63.9 Å². The Hall–Kier alpha value is -3.80. The molecule has 1 N–H and O–H groups in total. The molecule has 11 atom stereocenters. The van der Waals surface area contributed by atoms with Crippen LogP contribution in [0.5, 0.6) is 11.5 Å². The van der Waals surface area contributed by atoms with Gasteiger partial charge >= 0.3 is 11.9 Å². The maximum atomic E-state index is 14.0. The highest BCUT2D eigenvalue weighted by Gasteiger charge is 2.77. The molecule has 11 heteroatoms. The van der Waals surface area contributed by atoms with E-state index in [0.717, 1.165) is 92.2 Å². The number of anilines is 2. The van der Waals surface area contributed by atoms with Crippen molar-refractivity contribution in [2.75, 3.05) is 64.4 Å². The molecular weight excluding hydrogens is 672 g/mol. The summed E-state index contributed by atoms with van der Waals surface area (Å²) in [4.78, 5) is 37.9. The van der Waals surface area contributed by atoms with Gasteiger partial charge in [0, 0.05) is 79.0 Å². The number of nitrogens with zero attached hydrogens (tertiary/aromatic N) is 4. The number of hydrogen-bond acceptors (Lipinski definition) is 11. The fourth-order valence-corrected chi connectivity index (χ4v) is 14.5. The summed E-state index contributed by atoms with van der Waals surface area (Å²) in [7, 11) is 7.22. The third-order valence-corrected chi connectivity index (χ3v) is 16.4. The van der Waals surface area contributed by atoms with Gasteiger partial charge in [0.1, 0.15) is 28.9 Å². The Labute approximate surface area is 310 Å². The van der Waals surface area contributed by atoms with Crippen LogP contribution in [0.25, 0.3) is 11.1 Å². The molecule has 9 fully saturated rings. The van der Waals surface area contributed by atoms with Crippen LogP contribution < -0.4 is 19.3 Å². The van der Waals surface area contributed by atoms with Crippen LogP contribution in [0.3, 0.4) is 0 Å². The lowest BCUT2D eigenvalue weighted by Crippen LogP contribution is -2.66. The second-order valence-electron chi connectivity index (χ2n) is 17.4. The largest absolute Gasteiger partial charge is 0.496 e. The van der Waals surface area contributed by atoms with Gasteiger partial charge in [-0.2, -0.15) is 0 Å². The predicted molar refractivity (Wildman–Crippen MR) is 197 cm³/mol. The van der Waals surface area contributed by atoms with E-state index in [9.17, 15) is 14.7 Å². The van der Waals surface area contributed by atoms with Crippen LogP contribution in [0.1, 0.15) is 69.4 Å². The summed E-state index contributed by atoms with van der Waals surface area (Å²) in [5.74, 6) is 1.12. The highest BCUT2D eigenvalue weighted by atomic mass is 16.6. The molecule has 2 spiro atoms. The lowest BCUT2D eigenvalue weighted by molar-refractivity contribution is -0.166. The summed E-state index contributed by atoms with van der Waals surface area (Å²) in [6.07, 6.45) is 7.02. The Balaban J connectivity index is 1.09. The van der Waals surface area contributed by atoms with Crippen LogP contribution in [0, 0.1) is 17.8 Å². The molecule has 2 aromatic carbocycles. The average Bonchev–Trinajstić information content (AvgIpc) is 3.81. The third kappa shape index (κ3) is 3.31. The predicted octanol–water partition coefficient (Wildman–Crippen LogP) is 4.39. The van der Waals surface area contributed by atoms with E-state index in [1.807, 2.05) is 0 Å². The normalized spacial score (nSPS) is 41.9. The van der Waals surface area contributed by atoms with E-state index in [4.69, 9.17) is 18.9 Å². The van der Waals surface area contributed by atoms with E-state index in [-0.39, 0.29) is 46.9 Å². The molecule has 0 aromatic heterocycles. The molecule has 8 saturated heterocycles. The van der Waals surface area contributed by atoms with E-state index >= 15 is 0 Å². The monoisotopic (exact) mass is 722 g/mol. The van der Waals surface area contributed by atoms with Gasteiger partial charge in [0.05, 0.1) is 33.4 Å². The van der Waals surface area contributed by atoms with Crippen molar-refractivity contribution in [3.05, 3.63) is 47.0 Å². The van der Waals surface area contributed by atoms with Crippen molar-refractivity contribution in [3.8, 4) is 22.6 Å². The van der Waals surface area contributed by atoms with Crippen LogP contribution in [0.2, 0.25) is 0 Å². The van der Waals surface area contributed by atoms with Crippen molar-refractivity contribution >= 4 is 23.3 Å². The van der Waals surface area contributed by atoms with Crippen LogP contribution in [0.15, 0.2) is 35.9 Å². The summed E-state index contributed by atoms with van der Waals surface area (Å²) in [5, 5.41) is 11.1. The van der Waals surface area contributed by atoms with Gasteiger partial charge < -0.3 is 33.9 Å². The molecule has 0 amide bonds. The van der Waals surface area contributed by atoms with E-state index in [1.54, 1.807) is 21.1 Å². The van der Waals surface area contributed by atoms with Gasteiger partial charge in [-0.15, -0.1) is 0 Å². The van der Waals surface area contributed by atoms with Crippen molar-refractivity contribution in [1.29, 1.82) is 0 Å². The molecule has 11 nitrogen and oxygen atoms in total. The van der Waals surface area contributed by atoms with E-state index < -0.39 is 23.2 Å². The lowest BCUT2D eigenvalue weighted by atomic mass is 9.54. The maximum Gasteiger partial charge on any atom is 0.329 e. The number of likely N-dealkylation sites (N-methyl/N-ethyl adjacent to an activating group) is 1. The van der Waals surface area contributed by atoms with Crippen molar-refractivity contribution < 1.29 is 33.6 Å². The summed E-state index contributed by atoms with van der Waals surface area (Å²) in [6.45, 7) is 7.13. The number of fused-ring (bicyclic) bond motifs is 6. The zero-order chi connectivity index (χ0) is 36.6. The molecule has 11 unspecified atom stereocenters. The van der Waals surface area contributed by atoms with Gasteiger partial charge in [-0.05, 0) is 87.6 Å². The van der Waals surface area contributed by atoms with Crippen molar-refractivity contribution in [3.63, 3.8) is 0 Å². The molecule has 53 heavy (non-hydrogen) atoms. The number of ether oxygens (including phenoxy) is 4. The minimum atomic E-state index is -0.885. The smallest absolute Gasteiger partial charge is 0.329 e. The SMILES string of the molecule is CC=C1CN2CCC34c5cc(OC)c(-c6cc7c(cc6OC)N6C8C(=O)OC9(C(C)O)CN%10CCC7C%106CCC89)cc5N(C)C23CCC1C4C(=O)OC. The van der Waals surface area contributed by atoms with E-state index in [1.165, 1.54) is 23.8 Å². The average molecular weight is 723 g/mol. The number of rotatable bonds is 5. The van der Waals surface area contributed by atoms with Crippen LogP contribution in [-0.2, 0) is 24.5 Å². The second-order valence-corrected chi connectivity index (χ2v) is 17.4. The number of esters is 2. The first-order chi connectivity index (χ1) is 25.6. The maximum absolute atomic E-state index is 14.0. The van der Waals surface area contributed by atoms with Gasteiger partial charge in [-0.3, -0.25) is 14.6 Å². The molecule has 2 aromatic rings. The quantitative estimate of drug-likeness (QED) is 0.351. The number of piperidine rings is 1. The molecule has 10 aliphatic heterocycles. The molecule has 8 bridgehead atoms. The number of benzene rings is 2. The van der Waals surface area contributed by atoms with Crippen molar-refractivity contribution in [1.82, 2.24) is 9.80 Å². The molecule has 1 saturated carbocycles. The van der Waals surface area contributed by atoms with Crippen LogP contribution in [-0.4, -0.2) is 110 Å². The summed E-state index contributed by atoms with van der Waals surface area (Å²) in [6, 6.07) is 8.53. The number of aliphatic hydroxyl groups excluding tert-OH is 1. The van der Waals surface area contributed by atoms with Crippen molar-refractivity contribution in [2.24, 2.45) is 17.8 Å². The molecular formula is C42H50N4O7. The van der Waals surface area contributed by atoms with Gasteiger partial charge in [0.25, 0.3) is 0 Å². The zero-order valence-electron chi connectivity index (χ0n) is 31.6. The molecule has 10 heterocycles. The van der Waals surface area contributed by atoms with Crippen molar-refractivity contribution in [2.45, 2.75) is 92.8 Å². The Morgan fingerprint density at radius 2 is 1.75 bits per heavy atom. The van der Waals surface area contributed by atoms with Gasteiger partial charge in [0.2, 0.25) is 0 Å². The van der Waals surface area contributed by atoms with Gasteiger partial charge in [-0.25, -0.2) is 4.79 Å². The Morgan fingerprint density at radius 3 is 2.49 bits per heavy atom. The standard InChI is InChI=1S/C42H50N4O7/c1-7-23-20-44-15-13-39-30-18-33(50-4)26(17-32(30)43(3)42(39,44)12-8-24(23)35(39)37(48)52-6)25-16-27-28-10-14-45-21-40(22(2)47)29-9-11-41(28,45)46(36(29)38(49)53-40)31(27)19-34(25)51-5/h7,16-19,22,24,28-29,35-36,47H,8-15,20-21H2,1-6H3. The topological polar surface area (TPSA) is 104 Å². The summed E-state index contributed by atoms with van der Waals surface area (Å²) in [5.41, 5.74) is 5.86. The Morgan fingerprint density at radius 1 is 0.981 bits per heavy atom. The number of carbonyl (C=O) groups is 2.